The number of piperidine rings is 1. The Morgan fingerprint density at radius 1 is 1.22 bits per heavy atom. The molecule has 0 saturated carbocycles. The van der Waals surface area contributed by atoms with E-state index in [9.17, 15) is 5.11 Å². The van der Waals surface area contributed by atoms with Gasteiger partial charge in [0, 0.05) is 35.8 Å². The van der Waals surface area contributed by atoms with Crippen LogP contribution >= 0.6 is 11.3 Å². The van der Waals surface area contributed by atoms with Gasteiger partial charge in [-0.05, 0) is 64.3 Å². The number of likely N-dealkylation sites (tertiary alicyclic amines) is 1. The fraction of sp³-hybridized carbons (Fsp3) is 0.444. The summed E-state index contributed by atoms with van der Waals surface area (Å²) >= 11 is 1.69. The van der Waals surface area contributed by atoms with Crippen molar-refractivity contribution in [1.82, 2.24) is 24.6 Å². The number of benzene rings is 1. The zero-order chi connectivity index (χ0) is 25.4. The predicted octanol–water partition coefficient (Wildman–Crippen LogP) is 5.14. The van der Waals surface area contributed by atoms with E-state index in [1.807, 2.05) is 33.3 Å². The lowest BCUT2D eigenvalue weighted by atomic mass is 9.83. The van der Waals surface area contributed by atoms with Crippen molar-refractivity contribution in [2.24, 2.45) is 13.0 Å². The minimum absolute atomic E-state index is 0.361. The second kappa shape index (κ2) is 9.80. The average molecular weight is 507 g/mol. The highest BCUT2D eigenvalue weighted by Gasteiger charge is 2.30. The Labute approximate surface area is 216 Å². The third-order valence-corrected chi connectivity index (χ3v) is 8.13. The van der Waals surface area contributed by atoms with Crippen LogP contribution in [0.15, 0.2) is 36.8 Å². The van der Waals surface area contributed by atoms with Crippen molar-refractivity contribution in [2.45, 2.75) is 45.8 Å². The molecule has 0 aliphatic carbocycles. The van der Waals surface area contributed by atoms with E-state index in [-0.39, 0.29) is 0 Å². The third-order valence-electron chi connectivity index (χ3n) is 7.10. The van der Waals surface area contributed by atoms with E-state index in [1.54, 1.807) is 29.3 Å². The van der Waals surface area contributed by atoms with E-state index in [2.05, 4.69) is 45.4 Å². The van der Waals surface area contributed by atoms with Gasteiger partial charge in [-0.3, -0.25) is 9.58 Å². The number of rotatable bonds is 7. The van der Waals surface area contributed by atoms with Crippen molar-refractivity contribution in [3.63, 3.8) is 0 Å². The van der Waals surface area contributed by atoms with Crippen LogP contribution in [0.2, 0.25) is 0 Å². The highest BCUT2D eigenvalue weighted by atomic mass is 32.1. The Balaban J connectivity index is 1.40. The number of fused-ring (bicyclic) bond motifs is 1. The van der Waals surface area contributed by atoms with Crippen LogP contribution in [-0.2, 0) is 13.6 Å². The van der Waals surface area contributed by atoms with Crippen molar-refractivity contribution in [3.05, 3.63) is 47.2 Å². The molecular weight excluding hydrogens is 472 g/mol. The first-order valence-corrected chi connectivity index (χ1v) is 13.2. The van der Waals surface area contributed by atoms with Crippen LogP contribution in [0.3, 0.4) is 0 Å². The van der Waals surface area contributed by atoms with Crippen LogP contribution in [0.1, 0.15) is 37.1 Å². The lowest BCUT2D eigenvalue weighted by Crippen LogP contribution is -2.41. The standard InChI is InChI=1S/C27H34N6O2S/c1-17-24(25-23(36-17)14-28-26(31-25)30-20-13-29-32(4)16-20)21-7-6-18(12-22(21)35-5)15-33-10-8-19(9-11-33)27(2,3)34/h6-7,12-14,16,19,34H,8-11,15H2,1-5H3,(H,28,30,31). The average Bonchev–Trinajstić information content (AvgIpc) is 3.40. The van der Waals surface area contributed by atoms with Gasteiger partial charge >= 0.3 is 0 Å². The van der Waals surface area contributed by atoms with Crippen LogP contribution in [0.4, 0.5) is 11.6 Å². The van der Waals surface area contributed by atoms with Crippen molar-refractivity contribution in [2.75, 3.05) is 25.5 Å². The first-order chi connectivity index (χ1) is 17.2. The van der Waals surface area contributed by atoms with Gasteiger partial charge in [0.25, 0.3) is 0 Å². The summed E-state index contributed by atoms with van der Waals surface area (Å²) in [6.07, 6.45) is 7.56. The molecule has 0 bridgehead atoms. The summed E-state index contributed by atoms with van der Waals surface area (Å²) in [4.78, 5) is 13.0. The van der Waals surface area contributed by atoms with Crippen LogP contribution < -0.4 is 10.1 Å². The SMILES string of the molecule is COc1cc(CN2CCC(C(C)(C)O)CC2)ccc1-c1c(C)sc2cnc(Nc3cnn(C)c3)nc12. The molecule has 36 heavy (non-hydrogen) atoms. The number of hydrogen-bond acceptors (Lipinski definition) is 8. The molecule has 1 aliphatic rings. The Hall–Kier alpha value is -3.01. The first-order valence-electron chi connectivity index (χ1n) is 12.3. The topological polar surface area (TPSA) is 88.3 Å². The van der Waals surface area contributed by atoms with Gasteiger partial charge in [0.1, 0.15) is 5.75 Å². The maximum absolute atomic E-state index is 10.3. The van der Waals surface area contributed by atoms with Gasteiger partial charge < -0.3 is 15.2 Å². The molecular formula is C27H34N6O2S. The van der Waals surface area contributed by atoms with E-state index >= 15 is 0 Å². The van der Waals surface area contributed by atoms with Crippen LogP contribution in [0, 0.1) is 12.8 Å². The number of nitrogens with zero attached hydrogens (tertiary/aromatic N) is 5. The largest absolute Gasteiger partial charge is 0.496 e. The molecule has 0 amide bonds. The molecule has 1 aromatic carbocycles. The molecule has 1 fully saturated rings. The molecule has 190 valence electrons. The number of aryl methyl sites for hydroxylation is 2. The van der Waals surface area contributed by atoms with Crippen LogP contribution in [0.25, 0.3) is 21.3 Å². The number of aromatic nitrogens is 4. The Kier molecular flexibility index (Phi) is 6.72. The number of methoxy groups -OCH3 is 1. The predicted molar refractivity (Wildman–Crippen MR) is 145 cm³/mol. The van der Waals surface area contributed by atoms with Gasteiger partial charge in [-0.1, -0.05) is 12.1 Å². The van der Waals surface area contributed by atoms with Crippen molar-refractivity contribution < 1.29 is 9.84 Å². The molecule has 2 N–H and O–H groups in total. The van der Waals surface area contributed by atoms with Crippen LogP contribution in [-0.4, -0.2) is 55.6 Å². The molecule has 8 nitrogen and oxygen atoms in total. The van der Waals surface area contributed by atoms with Crippen LogP contribution in [0.5, 0.6) is 5.75 Å². The van der Waals surface area contributed by atoms with Gasteiger partial charge in [-0.25, -0.2) is 9.97 Å². The summed E-state index contributed by atoms with van der Waals surface area (Å²) in [5.41, 5.74) is 4.51. The van der Waals surface area contributed by atoms with Crippen molar-refractivity contribution >= 4 is 33.2 Å². The fourth-order valence-electron chi connectivity index (χ4n) is 5.10. The summed E-state index contributed by atoms with van der Waals surface area (Å²) in [7, 11) is 3.61. The normalized spacial score (nSPS) is 15.5. The zero-order valence-corrected chi connectivity index (χ0v) is 22.4. The minimum atomic E-state index is -0.602. The van der Waals surface area contributed by atoms with Gasteiger partial charge in [0.2, 0.25) is 5.95 Å². The summed E-state index contributed by atoms with van der Waals surface area (Å²) in [5.74, 6) is 1.75. The zero-order valence-electron chi connectivity index (χ0n) is 21.6. The molecule has 4 heterocycles. The molecule has 0 radical (unpaired) electrons. The third kappa shape index (κ3) is 5.09. The van der Waals surface area contributed by atoms with E-state index in [0.29, 0.717) is 11.9 Å². The molecule has 5 rings (SSSR count). The molecule has 0 unspecified atom stereocenters. The summed E-state index contributed by atoms with van der Waals surface area (Å²) in [6.45, 7) is 8.84. The lowest BCUT2D eigenvalue weighted by Gasteiger charge is -2.37. The fourth-order valence-corrected chi connectivity index (χ4v) is 6.08. The number of aliphatic hydroxyl groups is 1. The lowest BCUT2D eigenvalue weighted by molar-refractivity contribution is -0.0136. The smallest absolute Gasteiger partial charge is 0.227 e. The van der Waals surface area contributed by atoms with Gasteiger partial charge in [-0.15, -0.1) is 11.3 Å². The number of hydrogen-bond donors (Lipinski definition) is 2. The monoisotopic (exact) mass is 506 g/mol. The van der Waals surface area contributed by atoms with Crippen molar-refractivity contribution in [3.8, 4) is 16.9 Å². The molecule has 0 atom stereocenters. The summed E-state index contributed by atoms with van der Waals surface area (Å²) < 4.78 is 8.66. The Morgan fingerprint density at radius 2 is 2.00 bits per heavy atom. The molecule has 0 spiro atoms. The van der Waals surface area contributed by atoms with E-state index in [4.69, 9.17) is 9.72 Å². The second-order valence-corrected chi connectivity index (χ2v) is 11.5. The Morgan fingerprint density at radius 3 is 2.67 bits per heavy atom. The van der Waals surface area contributed by atoms with Gasteiger partial charge in [-0.2, -0.15) is 5.10 Å². The van der Waals surface area contributed by atoms with E-state index < -0.39 is 5.60 Å². The summed E-state index contributed by atoms with van der Waals surface area (Å²) in [5, 5.41) is 17.8. The van der Waals surface area contributed by atoms with Gasteiger partial charge in [0.05, 0.1) is 41.0 Å². The second-order valence-electron chi connectivity index (χ2n) is 10.2. The molecule has 1 aliphatic heterocycles. The van der Waals surface area contributed by atoms with E-state index in [0.717, 1.165) is 65.3 Å². The quantitative estimate of drug-likeness (QED) is 0.359. The molecule has 1 saturated heterocycles. The number of thiophene rings is 1. The highest BCUT2D eigenvalue weighted by molar-refractivity contribution is 7.19. The van der Waals surface area contributed by atoms with Crippen molar-refractivity contribution in [1.29, 1.82) is 0 Å². The minimum Gasteiger partial charge on any atom is -0.496 e. The highest BCUT2D eigenvalue weighted by Crippen LogP contribution is 2.42. The number of anilines is 2. The maximum atomic E-state index is 10.3. The summed E-state index contributed by atoms with van der Waals surface area (Å²) in [6, 6.07) is 6.50. The molecule has 9 heteroatoms. The number of nitrogens with one attached hydrogen (secondary N) is 1. The first kappa shape index (κ1) is 24.7. The molecule has 4 aromatic rings. The maximum Gasteiger partial charge on any atom is 0.227 e. The molecule has 3 aromatic heterocycles. The Bertz CT molecular complexity index is 1360. The van der Waals surface area contributed by atoms with E-state index in [1.165, 1.54) is 10.4 Å². The van der Waals surface area contributed by atoms with Gasteiger partial charge in [0.15, 0.2) is 0 Å². The number of ether oxygens (including phenoxy) is 1.